The van der Waals surface area contributed by atoms with Crippen molar-refractivity contribution in [3.63, 3.8) is 0 Å². The first kappa shape index (κ1) is 30.2. The van der Waals surface area contributed by atoms with Crippen molar-refractivity contribution in [2.75, 3.05) is 17.4 Å². The third-order valence-corrected chi connectivity index (χ3v) is 9.07. The van der Waals surface area contributed by atoms with E-state index in [0.717, 1.165) is 7.88 Å². The number of benzene rings is 3. The van der Waals surface area contributed by atoms with Crippen LogP contribution in [0.25, 0.3) is 0 Å². The average molecular weight is 688 g/mol. The molecule has 3 aromatic carbocycles. The van der Waals surface area contributed by atoms with E-state index in [1.807, 2.05) is 0 Å². The molecule has 0 saturated carbocycles. The number of sulfonamides is 1. The smallest absolute Gasteiger partial charge is 0.264 e. The Morgan fingerprint density at radius 1 is 0.921 bits per heavy atom. The van der Waals surface area contributed by atoms with Gasteiger partial charge < -0.3 is 10.2 Å². The number of likely N-dealkylation sites (N-methyl/N-ethyl adjacent to an activating group) is 1. The first-order chi connectivity index (χ1) is 18.1. The molecular weight excluding hydrogens is 660 g/mol. The summed E-state index contributed by atoms with van der Waals surface area (Å²) in [5.41, 5.74) is 0.795. The number of hydrogen-bond acceptors (Lipinski definition) is 4. The van der Waals surface area contributed by atoms with Gasteiger partial charge in [0.1, 0.15) is 12.6 Å². The van der Waals surface area contributed by atoms with Crippen LogP contribution in [0.15, 0.2) is 77.7 Å². The van der Waals surface area contributed by atoms with Crippen LogP contribution in [0.4, 0.5) is 5.69 Å². The fourth-order valence-corrected chi connectivity index (χ4v) is 6.23. The summed E-state index contributed by atoms with van der Waals surface area (Å²) in [5.74, 6) is -0.921. The summed E-state index contributed by atoms with van der Waals surface area (Å²) in [7, 11) is -4.12. The van der Waals surface area contributed by atoms with Gasteiger partial charge in [0.05, 0.1) is 10.6 Å². The maximum Gasteiger partial charge on any atom is 0.264 e. The van der Waals surface area contributed by atoms with Crippen LogP contribution in [0.2, 0.25) is 10.0 Å². The Morgan fingerprint density at radius 3 is 2.08 bits per heavy atom. The van der Waals surface area contributed by atoms with E-state index in [4.69, 9.17) is 23.2 Å². The molecular formula is C27H28Cl2IN3O4S. The molecule has 1 atom stereocenters. The number of rotatable bonds is 11. The minimum atomic E-state index is -4.12. The molecule has 0 aliphatic carbocycles. The van der Waals surface area contributed by atoms with E-state index in [-0.39, 0.29) is 17.3 Å². The van der Waals surface area contributed by atoms with E-state index in [1.165, 1.54) is 17.0 Å². The van der Waals surface area contributed by atoms with Gasteiger partial charge in [0.25, 0.3) is 10.0 Å². The van der Waals surface area contributed by atoms with Gasteiger partial charge >= 0.3 is 0 Å². The third-order valence-electron chi connectivity index (χ3n) is 5.85. The monoisotopic (exact) mass is 687 g/mol. The molecule has 2 amide bonds. The van der Waals surface area contributed by atoms with Gasteiger partial charge in [0.15, 0.2) is 0 Å². The van der Waals surface area contributed by atoms with E-state index in [1.54, 1.807) is 74.5 Å². The molecule has 3 aromatic rings. The Morgan fingerprint density at radius 2 is 1.53 bits per heavy atom. The summed E-state index contributed by atoms with van der Waals surface area (Å²) >= 11 is 14.9. The Hall–Kier alpha value is -2.34. The van der Waals surface area contributed by atoms with Gasteiger partial charge in [-0.25, -0.2) is 8.42 Å². The predicted molar refractivity (Wildman–Crippen MR) is 160 cm³/mol. The quantitative estimate of drug-likeness (QED) is 0.261. The summed E-state index contributed by atoms with van der Waals surface area (Å²) < 4.78 is 29.5. The van der Waals surface area contributed by atoms with Gasteiger partial charge in [-0.1, -0.05) is 54.4 Å². The van der Waals surface area contributed by atoms with Crippen LogP contribution in [0.3, 0.4) is 0 Å². The van der Waals surface area contributed by atoms with Crippen molar-refractivity contribution in [1.82, 2.24) is 10.2 Å². The van der Waals surface area contributed by atoms with E-state index in [0.29, 0.717) is 34.3 Å². The van der Waals surface area contributed by atoms with Gasteiger partial charge in [-0.3, -0.25) is 13.9 Å². The molecule has 0 fully saturated rings. The highest BCUT2D eigenvalue weighted by atomic mass is 127. The van der Waals surface area contributed by atoms with Crippen LogP contribution in [0.5, 0.6) is 0 Å². The lowest BCUT2D eigenvalue weighted by Crippen LogP contribution is -2.52. The zero-order valence-electron chi connectivity index (χ0n) is 20.9. The highest BCUT2D eigenvalue weighted by Gasteiger charge is 2.34. The van der Waals surface area contributed by atoms with E-state index < -0.39 is 28.5 Å². The van der Waals surface area contributed by atoms with E-state index in [9.17, 15) is 18.0 Å². The zero-order valence-corrected chi connectivity index (χ0v) is 25.4. The molecule has 0 heterocycles. The standard InChI is InChI=1S/C27H28Cl2IN3O4S/c1-3-25(27(35)31-4-2)32(17-22-23(28)11-8-12-24(22)29)26(34)18-33(20-15-13-19(30)14-16-20)38(36,37)21-9-6-5-7-10-21/h5-16,25H,3-4,17-18H2,1-2H3,(H,31,35). The number of nitrogens with zero attached hydrogens (tertiary/aromatic N) is 2. The third kappa shape index (κ3) is 7.19. The fourth-order valence-electron chi connectivity index (χ4n) is 3.92. The predicted octanol–water partition coefficient (Wildman–Crippen LogP) is 5.74. The van der Waals surface area contributed by atoms with E-state index >= 15 is 0 Å². The van der Waals surface area contributed by atoms with Crippen LogP contribution in [-0.2, 0) is 26.2 Å². The summed E-state index contributed by atoms with van der Waals surface area (Å²) in [5, 5.41) is 3.44. The number of amides is 2. The minimum absolute atomic E-state index is 0.0443. The molecule has 0 saturated heterocycles. The second-order valence-corrected chi connectivity index (χ2v) is 12.3. The average Bonchev–Trinajstić information content (AvgIpc) is 2.90. The highest BCUT2D eigenvalue weighted by molar-refractivity contribution is 14.1. The molecule has 0 aliphatic heterocycles. The summed E-state index contributed by atoms with van der Waals surface area (Å²) in [4.78, 5) is 28.3. The number of nitrogens with one attached hydrogen (secondary N) is 1. The van der Waals surface area contributed by atoms with Crippen LogP contribution < -0.4 is 9.62 Å². The van der Waals surface area contributed by atoms with Gasteiger partial charge in [-0.2, -0.15) is 0 Å². The molecule has 0 aromatic heterocycles. The lowest BCUT2D eigenvalue weighted by molar-refractivity contribution is -0.140. The molecule has 38 heavy (non-hydrogen) atoms. The minimum Gasteiger partial charge on any atom is -0.355 e. The van der Waals surface area contributed by atoms with E-state index in [2.05, 4.69) is 27.9 Å². The fraction of sp³-hybridized carbons (Fsp3) is 0.259. The zero-order chi connectivity index (χ0) is 27.9. The summed E-state index contributed by atoms with van der Waals surface area (Å²) in [6.07, 6.45) is 0.300. The lowest BCUT2D eigenvalue weighted by Gasteiger charge is -2.33. The molecule has 0 spiro atoms. The van der Waals surface area contributed by atoms with Crippen molar-refractivity contribution in [2.45, 2.75) is 37.8 Å². The molecule has 202 valence electrons. The topological polar surface area (TPSA) is 86.8 Å². The molecule has 0 aliphatic rings. The number of anilines is 1. The summed E-state index contributed by atoms with van der Waals surface area (Å²) in [6.45, 7) is 3.34. The number of hydrogen-bond donors (Lipinski definition) is 1. The number of carbonyl (C=O) groups excluding carboxylic acids is 2. The second-order valence-electron chi connectivity index (χ2n) is 8.34. The van der Waals surface area contributed by atoms with Gasteiger partial charge in [0, 0.05) is 32.3 Å². The lowest BCUT2D eigenvalue weighted by atomic mass is 10.1. The Balaban J connectivity index is 2.08. The maximum absolute atomic E-state index is 14.0. The van der Waals surface area contributed by atoms with Crippen molar-refractivity contribution < 1.29 is 18.0 Å². The molecule has 3 rings (SSSR count). The Bertz CT molecular complexity index is 1350. The largest absolute Gasteiger partial charge is 0.355 e. The van der Waals surface area contributed by atoms with Gasteiger partial charge in [-0.15, -0.1) is 0 Å². The normalized spacial score (nSPS) is 12.0. The van der Waals surface area contributed by atoms with Crippen molar-refractivity contribution in [2.24, 2.45) is 0 Å². The Labute approximate surface area is 247 Å². The number of carbonyl (C=O) groups is 2. The molecule has 7 nitrogen and oxygen atoms in total. The molecule has 0 radical (unpaired) electrons. The van der Waals surface area contributed by atoms with Crippen LogP contribution in [0, 0.1) is 3.57 Å². The summed E-state index contributed by atoms with van der Waals surface area (Å²) in [6, 6.07) is 18.8. The number of halogens is 3. The van der Waals surface area contributed by atoms with Crippen LogP contribution in [0.1, 0.15) is 25.8 Å². The van der Waals surface area contributed by atoms with Crippen LogP contribution in [-0.4, -0.2) is 44.3 Å². The molecule has 11 heteroatoms. The van der Waals surface area contributed by atoms with Crippen molar-refractivity contribution in [3.8, 4) is 0 Å². The van der Waals surface area contributed by atoms with Crippen LogP contribution >= 0.6 is 45.8 Å². The van der Waals surface area contributed by atoms with Crippen molar-refractivity contribution in [3.05, 3.63) is 92.0 Å². The maximum atomic E-state index is 14.0. The first-order valence-electron chi connectivity index (χ1n) is 11.9. The molecule has 1 N–H and O–H groups in total. The SMILES string of the molecule is CCNC(=O)C(CC)N(Cc1c(Cl)cccc1Cl)C(=O)CN(c1ccc(I)cc1)S(=O)(=O)c1ccccc1. The van der Waals surface area contributed by atoms with Gasteiger partial charge in [-0.05, 0) is 84.5 Å². The first-order valence-corrected chi connectivity index (χ1v) is 15.2. The Kier molecular flexibility index (Phi) is 10.8. The van der Waals surface area contributed by atoms with Gasteiger partial charge in [0.2, 0.25) is 11.8 Å². The molecule has 0 bridgehead atoms. The van der Waals surface area contributed by atoms with Crippen molar-refractivity contribution in [1.29, 1.82) is 0 Å². The van der Waals surface area contributed by atoms with Crippen molar-refractivity contribution >= 4 is 73.3 Å². The molecule has 1 unspecified atom stereocenters. The highest BCUT2D eigenvalue weighted by Crippen LogP contribution is 2.29. The second kappa shape index (κ2) is 13.6.